The molecule has 0 unspecified atom stereocenters. The Balaban J connectivity index is 2.06. The first-order valence-corrected chi connectivity index (χ1v) is 5.84. The molecule has 0 aliphatic rings. The largest absolute Gasteiger partial charge is 0.427 e. The minimum atomic E-state index is -4.36. The number of imidazole rings is 1. The monoisotopic (exact) mass is 269 g/mol. The van der Waals surface area contributed by atoms with Gasteiger partial charge in [-0.2, -0.15) is 13.2 Å². The Morgan fingerprint density at radius 1 is 1.17 bits per heavy atom. The van der Waals surface area contributed by atoms with Crippen LogP contribution in [0.4, 0.5) is 13.2 Å². The van der Waals surface area contributed by atoms with Gasteiger partial charge < -0.3 is 4.98 Å². The molecule has 0 spiro atoms. The maximum atomic E-state index is 12.5. The van der Waals surface area contributed by atoms with E-state index in [2.05, 4.69) is 15.0 Å². The van der Waals surface area contributed by atoms with Gasteiger partial charge in [-0.3, -0.25) is 0 Å². The van der Waals surface area contributed by atoms with Gasteiger partial charge in [-0.15, -0.1) is 11.3 Å². The molecule has 0 aliphatic carbocycles. The summed E-state index contributed by atoms with van der Waals surface area (Å²) in [7, 11) is 0. The molecular formula is C11H6F3N3S. The highest BCUT2D eigenvalue weighted by atomic mass is 32.1. The van der Waals surface area contributed by atoms with Crippen molar-refractivity contribution in [1.29, 1.82) is 0 Å². The van der Waals surface area contributed by atoms with Crippen LogP contribution in [0.2, 0.25) is 0 Å². The first-order chi connectivity index (χ1) is 8.54. The molecule has 0 bridgehead atoms. The highest BCUT2D eigenvalue weighted by molar-refractivity contribution is 7.15. The molecule has 92 valence electrons. The number of thiazole rings is 1. The molecule has 0 atom stereocenters. The van der Waals surface area contributed by atoms with Crippen molar-refractivity contribution < 1.29 is 13.2 Å². The average Bonchev–Trinajstić information content (AvgIpc) is 2.94. The fourth-order valence-corrected chi connectivity index (χ4v) is 2.30. The summed E-state index contributed by atoms with van der Waals surface area (Å²) in [6, 6.07) is 7.24. The van der Waals surface area contributed by atoms with Gasteiger partial charge in [0.25, 0.3) is 0 Å². The molecule has 0 saturated carbocycles. The molecule has 2 heterocycles. The van der Waals surface area contributed by atoms with Crippen molar-refractivity contribution in [3.8, 4) is 10.8 Å². The Bertz CT molecular complexity index is 666. The number of halogens is 3. The number of alkyl halides is 3. The molecule has 3 aromatic rings. The normalized spacial score (nSPS) is 12.2. The summed E-state index contributed by atoms with van der Waals surface area (Å²) in [6.07, 6.45) is -3.53. The van der Waals surface area contributed by atoms with Crippen molar-refractivity contribution in [3.63, 3.8) is 0 Å². The van der Waals surface area contributed by atoms with Crippen LogP contribution in [0, 0.1) is 0 Å². The number of hydrogen-bond acceptors (Lipinski definition) is 3. The van der Waals surface area contributed by atoms with Gasteiger partial charge in [0, 0.05) is 0 Å². The molecule has 1 N–H and O–H groups in total. The van der Waals surface area contributed by atoms with Gasteiger partial charge in [-0.25, -0.2) is 9.97 Å². The van der Waals surface area contributed by atoms with Gasteiger partial charge in [0.1, 0.15) is 4.88 Å². The van der Waals surface area contributed by atoms with Crippen LogP contribution in [0.5, 0.6) is 0 Å². The predicted octanol–water partition coefficient (Wildman–Crippen LogP) is 3.71. The van der Waals surface area contributed by atoms with E-state index in [0.29, 0.717) is 22.7 Å². The van der Waals surface area contributed by atoms with Crippen LogP contribution in [0.3, 0.4) is 0 Å². The molecule has 0 aliphatic heterocycles. The van der Waals surface area contributed by atoms with Gasteiger partial charge in [0.2, 0.25) is 0 Å². The minimum absolute atomic E-state index is 0.235. The Hall–Kier alpha value is -1.89. The summed E-state index contributed by atoms with van der Waals surface area (Å²) < 4.78 is 37.4. The number of benzene rings is 1. The zero-order chi connectivity index (χ0) is 12.8. The van der Waals surface area contributed by atoms with E-state index >= 15 is 0 Å². The van der Waals surface area contributed by atoms with Crippen molar-refractivity contribution in [2.45, 2.75) is 6.18 Å². The molecule has 3 rings (SSSR count). The third-order valence-electron chi connectivity index (χ3n) is 2.38. The third kappa shape index (κ3) is 1.86. The maximum absolute atomic E-state index is 12.5. The Labute approximate surface area is 103 Å². The van der Waals surface area contributed by atoms with Crippen LogP contribution < -0.4 is 0 Å². The number of rotatable bonds is 1. The zero-order valence-corrected chi connectivity index (χ0v) is 9.64. The zero-order valence-electron chi connectivity index (χ0n) is 8.82. The predicted molar refractivity (Wildman–Crippen MR) is 62.2 cm³/mol. The van der Waals surface area contributed by atoms with Crippen molar-refractivity contribution in [1.82, 2.24) is 15.0 Å². The Morgan fingerprint density at radius 3 is 2.61 bits per heavy atom. The summed E-state index contributed by atoms with van der Waals surface area (Å²) in [4.78, 5) is 10.2. The average molecular weight is 269 g/mol. The van der Waals surface area contributed by atoms with Gasteiger partial charge in [-0.1, -0.05) is 12.1 Å². The van der Waals surface area contributed by atoms with E-state index in [-0.39, 0.29) is 5.01 Å². The number of nitrogens with zero attached hydrogens (tertiary/aromatic N) is 2. The molecule has 1 aromatic carbocycles. The first-order valence-electron chi connectivity index (χ1n) is 5.02. The van der Waals surface area contributed by atoms with E-state index in [1.54, 1.807) is 6.07 Å². The highest BCUT2D eigenvalue weighted by Crippen LogP contribution is 2.36. The quantitative estimate of drug-likeness (QED) is 0.731. The van der Waals surface area contributed by atoms with Crippen molar-refractivity contribution in [3.05, 3.63) is 35.3 Å². The lowest BCUT2D eigenvalue weighted by Crippen LogP contribution is -2.00. The maximum Gasteiger partial charge on any atom is 0.427 e. The van der Waals surface area contributed by atoms with E-state index in [1.165, 1.54) is 0 Å². The van der Waals surface area contributed by atoms with E-state index < -0.39 is 11.1 Å². The summed E-state index contributed by atoms with van der Waals surface area (Å²) in [5, 5.41) is 0.235. The number of aromatic amines is 1. The molecule has 0 saturated heterocycles. The third-order valence-corrected chi connectivity index (χ3v) is 3.43. The lowest BCUT2D eigenvalue weighted by Gasteiger charge is -1.99. The fourth-order valence-electron chi connectivity index (χ4n) is 1.57. The molecule has 7 heteroatoms. The van der Waals surface area contributed by atoms with Gasteiger partial charge >= 0.3 is 6.18 Å². The van der Waals surface area contributed by atoms with Crippen molar-refractivity contribution >= 4 is 22.4 Å². The smallest absolute Gasteiger partial charge is 0.336 e. The van der Waals surface area contributed by atoms with Gasteiger partial charge in [-0.05, 0) is 12.1 Å². The molecule has 0 radical (unpaired) electrons. The van der Waals surface area contributed by atoms with Gasteiger partial charge in [0.15, 0.2) is 10.8 Å². The van der Waals surface area contributed by atoms with Crippen LogP contribution in [-0.4, -0.2) is 15.0 Å². The fraction of sp³-hybridized carbons (Fsp3) is 0.0909. The molecular weight excluding hydrogens is 263 g/mol. The van der Waals surface area contributed by atoms with E-state index in [1.807, 2.05) is 18.2 Å². The topological polar surface area (TPSA) is 41.6 Å². The van der Waals surface area contributed by atoms with Gasteiger partial charge in [0.05, 0.1) is 17.2 Å². The summed E-state index contributed by atoms with van der Waals surface area (Å²) in [6.45, 7) is 0. The summed E-state index contributed by atoms with van der Waals surface area (Å²) >= 11 is 0.578. The Kier molecular flexibility index (Phi) is 2.37. The minimum Gasteiger partial charge on any atom is -0.336 e. The van der Waals surface area contributed by atoms with Crippen LogP contribution in [0.1, 0.15) is 4.88 Å². The number of fused-ring (bicyclic) bond motifs is 1. The van der Waals surface area contributed by atoms with Crippen LogP contribution in [0.25, 0.3) is 21.9 Å². The lowest BCUT2D eigenvalue weighted by molar-refractivity contribution is -0.134. The molecule has 2 aromatic heterocycles. The van der Waals surface area contributed by atoms with E-state index in [0.717, 1.165) is 11.7 Å². The number of hydrogen-bond donors (Lipinski definition) is 1. The second-order valence-electron chi connectivity index (χ2n) is 3.63. The molecule has 3 nitrogen and oxygen atoms in total. The standard InChI is InChI=1S/C11H6F3N3S/c12-11(13,14)8-5-15-10(18-8)9-16-6-3-1-2-4-7(6)17-9/h1-5H,(H,16,17). The molecule has 18 heavy (non-hydrogen) atoms. The second-order valence-corrected chi connectivity index (χ2v) is 4.66. The van der Waals surface area contributed by atoms with Crippen LogP contribution in [0.15, 0.2) is 30.5 Å². The van der Waals surface area contributed by atoms with E-state index in [4.69, 9.17) is 0 Å². The lowest BCUT2D eigenvalue weighted by atomic mass is 10.3. The van der Waals surface area contributed by atoms with Crippen LogP contribution >= 0.6 is 11.3 Å². The SMILES string of the molecule is FC(F)(F)c1cnc(-c2nc3ccccc3[nH]2)s1. The molecule has 0 amide bonds. The molecule has 0 fully saturated rings. The van der Waals surface area contributed by atoms with E-state index in [9.17, 15) is 13.2 Å². The Morgan fingerprint density at radius 2 is 1.94 bits per heavy atom. The summed E-state index contributed by atoms with van der Waals surface area (Å²) in [5.41, 5.74) is 1.48. The highest BCUT2D eigenvalue weighted by Gasteiger charge is 2.33. The number of H-pyrrole nitrogens is 1. The number of nitrogens with one attached hydrogen (secondary N) is 1. The number of para-hydroxylation sites is 2. The first kappa shape index (κ1) is 11.2. The van der Waals surface area contributed by atoms with Crippen LogP contribution in [-0.2, 0) is 6.18 Å². The summed E-state index contributed by atoms with van der Waals surface area (Å²) in [5.74, 6) is 0.358. The van der Waals surface area contributed by atoms with Crippen molar-refractivity contribution in [2.24, 2.45) is 0 Å². The second kappa shape index (κ2) is 3.81. The van der Waals surface area contributed by atoms with Crippen molar-refractivity contribution in [2.75, 3.05) is 0 Å². The number of aromatic nitrogens is 3.